The predicted octanol–water partition coefficient (Wildman–Crippen LogP) is 3.17. The quantitative estimate of drug-likeness (QED) is 0.881. The summed E-state index contributed by atoms with van der Waals surface area (Å²) in [6, 6.07) is 8.55. The number of allylic oxidation sites excluding steroid dienone is 1. The van der Waals surface area contributed by atoms with Crippen molar-refractivity contribution in [1.29, 1.82) is 0 Å². The Morgan fingerprint density at radius 3 is 2.75 bits per heavy atom. The van der Waals surface area contributed by atoms with Gasteiger partial charge in [-0.1, -0.05) is 44.2 Å². The fourth-order valence-electron chi connectivity index (χ4n) is 2.76. The van der Waals surface area contributed by atoms with Gasteiger partial charge in [0.15, 0.2) is 0 Å². The van der Waals surface area contributed by atoms with Crippen molar-refractivity contribution in [3.8, 4) is 0 Å². The van der Waals surface area contributed by atoms with Crippen LogP contribution in [0.3, 0.4) is 0 Å². The Morgan fingerprint density at radius 1 is 1.35 bits per heavy atom. The minimum Gasteiger partial charge on any atom is -0.335 e. The largest absolute Gasteiger partial charge is 0.335 e. The second-order valence-electron chi connectivity index (χ2n) is 5.87. The van der Waals surface area contributed by atoms with Gasteiger partial charge in [0.2, 0.25) is 0 Å². The summed E-state index contributed by atoms with van der Waals surface area (Å²) >= 11 is 0. The van der Waals surface area contributed by atoms with Crippen LogP contribution in [0.1, 0.15) is 25.0 Å². The highest BCUT2D eigenvalue weighted by atomic mass is 16.2. The van der Waals surface area contributed by atoms with Crippen LogP contribution < -0.4 is 5.32 Å². The van der Waals surface area contributed by atoms with Crippen LogP contribution in [0.2, 0.25) is 0 Å². The zero-order valence-corrected chi connectivity index (χ0v) is 12.8. The van der Waals surface area contributed by atoms with Crippen LogP contribution in [0, 0.1) is 11.8 Å². The molecule has 20 heavy (non-hydrogen) atoms. The zero-order chi connectivity index (χ0) is 14.7. The van der Waals surface area contributed by atoms with E-state index in [2.05, 4.69) is 49.5 Å². The molecule has 0 aromatic heterocycles. The van der Waals surface area contributed by atoms with Crippen molar-refractivity contribution in [3.05, 3.63) is 41.5 Å². The molecular formula is C17H24N2O. The highest BCUT2D eigenvalue weighted by Crippen LogP contribution is 2.38. The van der Waals surface area contributed by atoms with Crippen LogP contribution in [-0.2, 0) is 6.42 Å². The van der Waals surface area contributed by atoms with Crippen LogP contribution in [0.15, 0.2) is 30.3 Å². The van der Waals surface area contributed by atoms with E-state index >= 15 is 0 Å². The van der Waals surface area contributed by atoms with Gasteiger partial charge in [0.1, 0.15) is 0 Å². The summed E-state index contributed by atoms with van der Waals surface area (Å²) in [6.07, 6.45) is 3.30. The van der Waals surface area contributed by atoms with E-state index in [1.165, 1.54) is 16.7 Å². The maximum absolute atomic E-state index is 11.6. The van der Waals surface area contributed by atoms with Gasteiger partial charge >= 0.3 is 6.03 Å². The van der Waals surface area contributed by atoms with Crippen LogP contribution in [0.5, 0.6) is 0 Å². The average molecular weight is 272 g/mol. The third kappa shape index (κ3) is 3.03. The van der Waals surface area contributed by atoms with Crippen LogP contribution in [-0.4, -0.2) is 31.6 Å². The molecule has 0 saturated heterocycles. The van der Waals surface area contributed by atoms with Crippen molar-refractivity contribution in [2.24, 2.45) is 11.8 Å². The van der Waals surface area contributed by atoms with Crippen molar-refractivity contribution in [2.45, 2.75) is 20.3 Å². The minimum absolute atomic E-state index is 0.0494. The summed E-state index contributed by atoms with van der Waals surface area (Å²) < 4.78 is 0. The molecule has 2 atom stereocenters. The predicted molar refractivity (Wildman–Crippen MR) is 83.5 cm³/mol. The molecule has 0 bridgehead atoms. The Labute approximate surface area is 121 Å². The molecule has 0 saturated carbocycles. The van der Waals surface area contributed by atoms with Gasteiger partial charge in [-0.2, -0.15) is 0 Å². The highest BCUT2D eigenvalue weighted by Gasteiger charge is 2.25. The average Bonchev–Trinajstić information content (AvgIpc) is 2.42. The van der Waals surface area contributed by atoms with E-state index in [0.29, 0.717) is 18.4 Å². The Balaban J connectivity index is 2.19. The lowest BCUT2D eigenvalue weighted by molar-refractivity contribution is 0.218. The number of hydrogen-bond donors (Lipinski definition) is 1. The first kappa shape index (κ1) is 14.6. The van der Waals surface area contributed by atoms with Crippen molar-refractivity contribution >= 4 is 11.6 Å². The fraction of sp³-hybridized carbons (Fsp3) is 0.471. The van der Waals surface area contributed by atoms with Gasteiger partial charge in [0.25, 0.3) is 0 Å². The third-order valence-corrected chi connectivity index (χ3v) is 4.20. The standard InChI is InChI=1S/C17H24N2O/c1-12-11-14-7-5-6-8-16(14)15(13(12)2)9-10-18-17(20)19(3)4/h5-9,12-13H,10-11H2,1-4H3,(H,18,20). The molecule has 1 aromatic rings. The van der Waals surface area contributed by atoms with Gasteiger partial charge in [0, 0.05) is 20.6 Å². The molecule has 3 nitrogen and oxygen atoms in total. The normalized spacial score (nSPS) is 23.3. The van der Waals surface area contributed by atoms with E-state index in [0.717, 1.165) is 6.42 Å². The molecule has 0 fully saturated rings. The Bertz CT molecular complexity index is 519. The second kappa shape index (κ2) is 6.12. The first-order valence-corrected chi connectivity index (χ1v) is 7.24. The number of urea groups is 1. The number of nitrogens with one attached hydrogen (secondary N) is 1. The number of nitrogens with zero attached hydrogens (tertiary/aromatic N) is 1. The van der Waals surface area contributed by atoms with Crippen LogP contribution in [0.25, 0.3) is 5.57 Å². The lowest BCUT2D eigenvalue weighted by Crippen LogP contribution is -2.34. The number of fused-ring (bicyclic) bond motifs is 1. The maximum Gasteiger partial charge on any atom is 0.317 e. The molecule has 3 heteroatoms. The van der Waals surface area contributed by atoms with Gasteiger partial charge in [-0.3, -0.25) is 0 Å². The van der Waals surface area contributed by atoms with Gasteiger partial charge in [-0.15, -0.1) is 0 Å². The Morgan fingerprint density at radius 2 is 2.05 bits per heavy atom. The van der Waals surface area contributed by atoms with E-state index in [4.69, 9.17) is 0 Å². The minimum atomic E-state index is -0.0494. The zero-order valence-electron chi connectivity index (χ0n) is 12.8. The summed E-state index contributed by atoms with van der Waals surface area (Å²) in [4.78, 5) is 13.1. The van der Waals surface area contributed by atoms with E-state index in [9.17, 15) is 4.79 Å². The van der Waals surface area contributed by atoms with Crippen molar-refractivity contribution < 1.29 is 4.79 Å². The third-order valence-electron chi connectivity index (χ3n) is 4.20. The van der Waals surface area contributed by atoms with E-state index in [1.54, 1.807) is 19.0 Å². The number of benzene rings is 1. The van der Waals surface area contributed by atoms with Crippen LogP contribution in [0.4, 0.5) is 4.79 Å². The fourth-order valence-corrected chi connectivity index (χ4v) is 2.76. The topological polar surface area (TPSA) is 32.3 Å². The molecule has 2 amide bonds. The smallest absolute Gasteiger partial charge is 0.317 e. The second-order valence-corrected chi connectivity index (χ2v) is 5.87. The summed E-state index contributed by atoms with van der Waals surface area (Å²) in [5.41, 5.74) is 4.12. The lowest BCUT2D eigenvalue weighted by atomic mass is 9.74. The molecule has 2 unspecified atom stereocenters. The molecule has 108 valence electrons. The van der Waals surface area contributed by atoms with Gasteiger partial charge in [-0.05, 0) is 35.0 Å². The number of rotatable bonds is 2. The summed E-state index contributed by atoms with van der Waals surface area (Å²) in [5, 5.41) is 2.91. The SMILES string of the molecule is CC1Cc2ccccc2C(=CCNC(=O)N(C)C)C1C. The summed E-state index contributed by atoms with van der Waals surface area (Å²) in [5.74, 6) is 1.17. The lowest BCUT2D eigenvalue weighted by Gasteiger charge is -2.31. The molecule has 0 spiro atoms. The number of amides is 2. The first-order chi connectivity index (χ1) is 9.50. The van der Waals surface area contributed by atoms with E-state index in [1.807, 2.05) is 0 Å². The van der Waals surface area contributed by atoms with E-state index < -0.39 is 0 Å². The summed E-state index contributed by atoms with van der Waals surface area (Å²) in [6.45, 7) is 5.16. The number of hydrogen-bond acceptors (Lipinski definition) is 1. The van der Waals surface area contributed by atoms with E-state index in [-0.39, 0.29) is 6.03 Å². The van der Waals surface area contributed by atoms with Gasteiger partial charge in [-0.25, -0.2) is 4.79 Å². The Kier molecular flexibility index (Phi) is 4.48. The Hall–Kier alpha value is -1.77. The molecule has 0 radical (unpaired) electrons. The van der Waals surface area contributed by atoms with Gasteiger partial charge in [0.05, 0.1) is 0 Å². The molecule has 1 N–H and O–H groups in total. The number of carbonyl (C=O) groups excluding carboxylic acids is 1. The monoisotopic (exact) mass is 272 g/mol. The molecular weight excluding hydrogens is 248 g/mol. The summed E-state index contributed by atoms with van der Waals surface area (Å²) in [7, 11) is 3.51. The van der Waals surface area contributed by atoms with Gasteiger partial charge < -0.3 is 10.2 Å². The van der Waals surface area contributed by atoms with Crippen molar-refractivity contribution in [3.63, 3.8) is 0 Å². The first-order valence-electron chi connectivity index (χ1n) is 7.24. The molecule has 2 rings (SSSR count). The van der Waals surface area contributed by atoms with Crippen LogP contribution >= 0.6 is 0 Å². The molecule has 0 heterocycles. The van der Waals surface area contributed by atoms with Crippen molar-refractivity contribution in [1.82, 2.24) is 10.2 Å². The molecule has 0 aliphatic heterocycles. The number of carbonyl (C=O) groups is 1. The molecule has 1 aromatic carbocycles. The molecule has 1 aliphatic carbocycles. The maximum atomic E-state index is 11.6. The highest BCUT2D eigenvalue weighted by molar-refractivity contribution is 5.75. The molecule has 1 aliphatic rings. The van der Waals surface area contributed by atoms with Crippen molar-refractivity contribution in [2.75, 3.05) is 20.6 Å².